The van der Waals surface area contributed by atoms with Crippen LogP contribution >= 0.6 is 23.4 Å². The Morgan fingerprint density at radius 3 is 2.88 bits per heavy atom. The molecule has 0 aliphatic carbocycles. The molecule has 2 aromatic carbocycles. The molecule has 124 valence electrons. The number of carbonyl (C=O) groups is 2. The van der Waals surface area contributed by atoms with Gasteiger partial charge < -0.3 is 10.2 Å². The minimum Gasteiger partial charge on any atom is -0.335 e. The number of carbonyl (C=O) groups excluding carboxylic acids is 2. The van der Waals surface area contributed by atoms with Crippen molar-refractivity contribution >= 4 is 40.9 Å². The maximum absolute atomic E-state index is 12.8. The summed E-state index contributed by atoms with van der Waals surface area (Å²) in [6, 6.07) is 13.0. The zero-order valence-corrected chi connectivity index (χ0v) is 14.8. The summed E-state index contributed by atoms with van der Waals surface area (Å²) in [5, 5.41) is 3.48. The van der Waals surface area contributed by atoms with Gasteiger partial charge in [0.15, 0.2) is 0 Å². The largest absolute Gasteiger partial charge is 0.335 e. The molecule has 0 unspecified atom stereocenters. The maximum Gasteiger partial charge on any atom is 0.254 e. The summed E-state index contributed by atoms with van der Waals surface area (Å²) in [6.45, 7) is 3.02. The van der Waals surface area contributed by atoms with E-state index >= 15 is 0 Å². The molecule has 0 saturated heterocycles. The van der Waals surface area contributed by atoms with E-state index in [4.69, 9.17) is 11.6 Å². The highest BCUT2D eigenvalue weighted by Gasteiger charge is 2.20. The van der Waals surface area contributed by atoms with Crippen molar-refractivity contribution in [3.63, 3.8) is 0 Å². The van der Waals surface area contributed by atoms with Crippen molar-refractivity contribution < 1.29 is 9.59 Å². The lowest BCUT2D eigenvalue weighted by molar-refractivity contribution is -0.113. The highest BCUT2D eigenvalue weighted by atomic mass is 35.5. The number of nitrogens with one attached hydrogen (secondary N) is 1. The lowest BCUT2D eigenvalue weighted by atomic mass is 10.1. The van der Waals surface area contributed by atoms with Crippen molar-refractivity contribution in [3.8, 4) is 0 Å². The summed E-state index contributed by atoms with van der Waals surface area (Å²) in [7, 11) is 0. The number of hydrogen-bond donors (Lipinski definition) is 1. The number of rotatable bonds is 4. The predicted octanol–water partition coefficient (Wildman–Crippen LogP) is 4.05. The molecule has 0 bridgehead atoms. The van der Waals surface area contributed by atoms with E-state index in [1.165, 1.54) is 11.8 Å². The third-order valence-corrected chi connectivity index (χ3v) is 5.10. The van der Waals surface area contributed by atoms with E-state index in [0.29, 0.717) is 35.1 Å². The van der Waals surface area contributed by atoms with Crippen LogP contribution in [0.1, 0.15) is 22.8 Å². The molecule has 0 fully saturated rings. The Labute approximate surface area is 150 Å². The van der Waals surface area contributed by atoms with E-state index in [2.05, 4.69) is 5.32 Å². The SMILES string of the molecule is CCN(Cc1cccc(Cl)c1)C(=O)c1ccc2c(c1)NC(=O)CS2. The topological polar surface area (TPSA) is 49.4 Å². The van der Waals surface area contributed by atoms with Crippen molar-refractivity contribution in [1.29, 1.82) is 0 Å². The Hall–Kier alpha value is -1.98. The minimum atomic E-state index is -0.0647. The Balaban J connectivity index is 1.81. The van der Waals surface area contributed by atoms with Crippen LogP contribution in [0.5, 0.6) is 0 Å². The molecule has 2 aromatic rings. The predicted molar refractivity (Wildman–Crippen MR) is 97.7 cm³/mol. The van der Waals surface area contributed by atoms with Crippen molar-refractivity contribution in [3.05, 3.63) is 58.6 Å². The molecule has 0 radical (unpaired) electrons. The van der Waals surface area contributed by atoms with Crippen molar-refractivity contribution in [2.75, 3.05) is 17.6 Å². The van der Waals surface area contributed by atoms with Gasteiger partial charge in [-0.3, -0.25) is 9.59 Å². The molecule has 4 nitrogen and oxygen atoms in total. The molecule has 0 aromatic heterocycles. The first-order chi connectivity index (χ1) is 11.6. The van der Waals surface area contributed by atoms with Gasteiger partial charge in [-0.25, -0.2) is 0 Å². The zero-order chi connectivity index (χ0) is 17.1. The van der Waals surface area contributed by atoms with E-state index in [1.807, 2.05) is 43.3 Å². The molecular formula is C18H17ClN2O2S. The fourth-order valence-corrected chi connectivity index (χ4v) is 3.58. The second-order valence-corrected chi connectivity index (χ2v) is 6.95. The number of benzene rings is 2. The summed E-state index contributed by atoms with van der Waals surface area (Å²) in [5.74, 6) is 0.310. The number of halogens is 1. The van der Waals surface area contributed by atoms with Crippen LogP contribution in [-0.4, -0.2) is 29.0 Å². The molecule has 3 rings (SSSR count). The number of anilines is 1. The van der Waals surface area contributed by atoms with E-state index in [9.17, 15) is 9.59 Å². The summed E-state index contributed by atoms with van der Waals surface area (Å²) < 4.78 is 0. The normalized spacial score (nSPS) is 13.2. The van der Waals surface area contributed by atoms with Gasteiger partial charge in [0.2, 0.25) is 5.91 Å². The van der Waals surface area contributed by atoms with Gasteiger partial charge in [0, 0.05) is 28.6 Å². The molecule has 1 N–H and O–H groups in total. The second kappa shape index (κ2) is 7.28. The summed E-state index contributed by atoms with van der Waals surface area (Å²) in [4.78, 5) is 27.1. The van der Waals surface area contributed by atoms with Crippen LogP contribution in [0.3, 0.4) is 0 Å². The van der Waals surface area contributed by atoms with Crippen LogP contribution < -0.4 is 5.32 Å². The average molecular weight is 361 g/mol. The smallest absolute Gasteiger partial charge is 0.254 e. The lowest BCUT2D eigenvalue weighted by Gasteiger charge is -2.23. The molecule has 2 amide bonds. The van der Waals surface area contributed by atoms with Crippen LogP contribution in [0.25, 0.3) is 0 Å². The number of fused-ring (bicyclic) bond motifs is 1. The number of nitrogens with zero attached hydrogens (tertiary/aromatic N) is 1. The fraction of sp³-hybridized carbons (Fsp3) is 0.222. The molecule has 0 atom stereocenters. The monoisotopic (exact) mass is 360 g/mol. The van der Waals surface area contributed by atoms with Gasteiger partial charge in [0.05, 0.1) is 11.4 Å². The molecule has 1 aliphatic heterocycles. The van der Waals surface area contributed by atoms with Crippen LogP contribution in [0.2, 0.25) is 5.02 Å². The summed E-state index contributed by atoms with van der Waals surface area (Å²) >= 11 is 7.50. The average Bonchev–Trinajstić information content (AvgIpc) is 2.58. The number of hydrogen-bond acceptors (Lipinski definition) is 3. The van der Waals surface area contributed by atoms with Crippen molar-refractivity contribution in [1.82, 2.24) is 4.90 Å². The van der Waals surface area contributed by atoms with E-state index in [-0.39, 0.29) is 11.8 Å². The van der Waals surface area contributed by atoms with Gasteiger partial charge in [-0.1, -0.05) is 23.7 Å². The third kappa shape index (κ3) is 3.74. The Kier molecular flexibility index (Phi) is 5.11. The number of thioether (sulfide) groups is 1. The quantitative estimate of drug-likeness (QED) is 0.894. The molecule has 0 spiro atoms. The van der Waals surface area contributed by atoms with Gasteiger partial charge in [0.1, 0.15) is 0 Å². The van der Waals surface area contributed by atoms with Crippen LogP contribution in [0.15, 0.2) is 47.4 Å². The second-order valence-electron chi connectivity index (χ2n) is 5.50. The molecule has 1 aliphatic rings. The third-order valence-electron chi connectivity index (χ3n) is 3.79. The zero-order valence-electron chi connectivity index (χ0n) is 13.2. The highest BCUT2D eigenvalue weighted by molar-refractivity contribution is 8.00. The Bertz CT molecular complexity index is 794. The van der Waals surface area contributed by atoms with Crippen molar-refractivity contribution in [2.24, 2.45) is 0 Å². The highest BCUT2D eigenvalue weighted by Crippen LogP contribution is 2.32. The van der Waals surface area contributed by atoms with Crippen LogP contribution in [0, 0.1) is 0 Å². The van der Waals surface area contributed by atoms with E-state index in [0.717, 1.165) is 10.5 Å². The first-order valence-electron chi connectivity index (χ1n) is 7.67. The number of amides is 2. The minimum absolute atomic E-state index is 0.0385. The van der Waals surface area contributed by atoms with Gasteiger partial charge in [-0.05, 0) is 42.8 Å². The molecule has 6 heteroatoms. The van der Waals surface area contributed by atoms with E-state index in [1.54, 1.807) is 11.0 Å². The van der Waals surface area contributed by atoms with Crippen LogP contribution in [-0.2, 0) is 11.3 Å². The van der Waals surface area contributed by atoms with Gasteiger partial charge in [-0.2, -0.15) is 0 Å². The van der Waals surface area contributed by atoms with Crippen LogP contribution in [0.4, 0.5) is 5.69 Å². The summed E-state index contributed by atoms with van der Waals surface area (Å²) in [5.41, 5.74) is 2.26. The Morgan fingerprint density at radius 2 is 2.12 bits per heavy atom. The van der Waals surface area contributed by atoms with Crippen molar-refractivity contribution in [2.45, 2.75) is 18.4 Å². The molecule has 1 heterocycles. The Morgan fingerprint density at radius 1 is 1.29 bits per heavy atom. The first-order valence-corrected chi connectivity index (χ1v) is 9.03. The van der Waals surface area contributed by atoms with Gasteiger partial charge in [-0.15, -0.1) is 11.8 Å². The first kappa shape index (κ1) is 16.9. The van der Waals surface area contributed by atoms with E-state index < -0.39 is 0 Å². The standard InChI is InChI=1S/C18H17ClN2O2S/c1-2-21(10-12-4-3-5-14(19)8-12)18(23)13-6-7-16-15(9-13)20-17(22)11-24-16/h3-9H,2,10-11H2,1H3,(H,20,22). The lowest BCUT2D eigenvalue weighted by Crippen LogP contribution is -2.30. The summed E-state index contributed by atoms with van der Waals surface area (Å²) in [6.07, 6.45) is 0. The van der Waals surface area contributed by atoms with Gasteiger partial charge >= 0.3 is 0 Å². The molecule has 0 saturated carbocycles. The molecule has 24 heavy (non-hydrogen) atoms. The molecular weight excluding hydrogens is 344 g/mol. The fourth-order valence-electron chi connectivity index (χ4n) is 2.58. The maximum atomic E-state index is 12.8. The van der Waals surface area contributed by atoms with Gasteiger partial charge in [0.25, 0.3) is 5.91 Å².